The average Bonchev–Trinajstić information content (AvgIpc) is 2.59. The summed E-state index contributed by atoms with van der Waals surface area (Å²) >= 11 is 0. The van der Waals surface area contributed by atoms with Crippen molar-refractivity contribution in [2.24, 2.45) is 0 Å². The predicted molar refractivity (Wildman–Crippen MR) is 92.4 cm³/mol. The van der Waals surface area contributed by atoms with Gasteiger partial charge >= 0.3 is 0 Å². The molecule has 0 fully saturated rings. The summed E-state index contributed by atoms with van der Waals surface area (Å²) in [6.07, 6.45) is 4.01. The van der Waals surface area contributed by atoms with Gasteiger partial charge < -0.3 is 0 Å². The number of hydrogen-bond donors (Lipinski definition) is 0. The van der Waals surface area contributed by atoms with Crippen molar-refractivity contribution in [1.82, 2.24) is 9.97 Å². The molecule has 4 rings (SSSR count). The number of fused-ring (bicyclic) bond motifs is 2. The minimum Gasteiger partial charge on any atom is -0.248 e. The van der Waals surface area contributed by atoms with E-state index >= 15 is 0 Å². The minimum absolute atomic E-state index is 0.939. The summed E-state index contributed by atoms with van der Waals surface area (Å²) in [7, 11) is 0. The second-order valence-electron chi connectivity index (χ2n) is 5.19. The van der Waals surface area contributed by atoms with Crippen LogP contribution >= 0.6 is 0 Å². The molecule has 0 saturated heterocycles. The van der Waals surface area contributed by atoms with Crippen LogP contribution < -0.4 is 0 Å². The Morgan fingerprint density at radius 3 is 1.45 bits per heavy atom. The highest BCUT2D eigenvalue weighted by molar-refractivity contribution is 5.82. The van der Waals surface area contributed by atoms with Gasteiger partial charge in [-0.2, -0.15) is 0 Å². The molecule has 0 aliphatic rings. The highest BCUT2D eigenvalue weighted by Crippen LogP contribution is 2.15. The maximum Gasteiger partial charge on any atom is 0.0709 e. The highest BCUT2D eigenvalue weighted by atomic mass is 14.7. The summed E-state index contributed by atoms with van der Waals surface area (Å²) in [6.45, 7) is 0. The van der Waals surface area contributed by atoms with Gasteiger partial charge in [0.1, 0.15) is 0 Å². The summed E-state index contributed by atoms with van der Waals surface area (Å²) in [5.74, 6) is 0. The third kappa shape index (κ3) is 2.47. The second-order valence-corrected chi connectivity index (χ2v) is 5.19. The molecule has 2 heteroatoms. The van der Waals surface area contributed by atoms with Crippen LogP contribution in [0.15, 0.2) is 72.8 Å². The van der Waals surface area contributed by atoms with Crippen LogP contribution in [0.4, 0.5) is 0 Å². The first kappa shape index (κ1) is 12.7. The number of hydrogen-bond acceptors (Lipinski definition) is 2. The lowest BCUT2D eigenvalue weighted by Gasteiger charge is -2.00. The monoisotopic (exact) mass is 282 g/mol. The summed E-state index contributed by atoms with van der Waals surface area (Å²) < 4.78 is 0. The summed E-state index contributed by atoms with van der Waals surface area (Å²) in [5.41, 5.74) is 3.90. The molecule has 0 unspecified atom stereocenters. The van der Waals surface area contributed by atoms with Crippen molar-refractivity contribution in [3.05, 3.63) is 84.2 Å². The van der Waals surface area contributed by atoms with E-state index in [1.54, 1.807) is 0 Å². The lowest BCUT2D eigenvalue weighted by atomic mass is 10.2. The van der Waals surface area contributed by atoms with E-state index in [1.165, 1.54) is 0 Å². The number of nitrogens with zero attached hydrogens (tertiary/aromatic N) is 2. The van der Waals surface area contributed by atoms with E-state index in [9.17, 15) is 0 Å². The van der Waals surface area contributed by atoms with E-state index in [2.05, 4.69) is 34.2 Å². The van der Waals surface area contributed by atoms with E-state index < -0.39 is 0 Å². The smallest absolute Gasteiger partial charge is 0.0709 e. The van der Waals surface area contributed by atoms with Gasteiger partial charge in [-0.15, -0.1) is 0 Å². The fourth-order valence-corrected chi connectivity index (χ4v) is 2.52. The lowest BCUT2D eigenvalue weighted by Crippen LogP contribution is -1.84. The van der Waals surface area contributed by atoms with Crippen LogP contribution in [0, 0.1) is 0 Å². The molecule has 2 aromatic carbocycles. The summed E-state index contributed by atoms with van der Waals surface area (Å²) in [4.78, 5) is 9.28. The van der Waals surface area contributed by atoms with Crippen LogP contribution in [0.25, 0.3) is 34.0 Å². The van der Waals surface area contributed by atoms with Gasteiger partial charge in [-0.25, -0.2) is 9.97 Å². The number of rotatable bonds is 2. The van der Waals surface area contributed by atoms with Gasteiger partial charge in [-0.05, 0) is 36.4 Å². The molecule has 0 saturated carbocycles. The zero-order valence-corrected chi connectivity index (χ0v) is 12.0. The molecule has 2 heterocycles. The molecular formula is C20H14N2. The summed E-state index contributed by atoms with van der Waals surface area (Å²) in [5, 5.41) is 2.31. The second kappa shape index (κ2) is 5.41. The Bertz CT molecular complexity index is 905. The molecular weight excluding hydrogens is 268 g/mol. The molecule has 0 amide bonds. The van der Waals surface area contributed by atoms with Crippen molar-refractivity contribution < 1.29 is 0 Å². The van der Waals surface area contributed by atoms with Crippen LogP contribution in [0.2, 0.25) is 0 Å². The molecule has 0 aliphatic heterocycles. The van der Waals surface area contributed by atoms with Gasteiger partial charge in [-0.1, -0.05) is 48.5 Å². The predicted octanol–water partition coefficient (Wildman–Crippen LogP) is 4.95. The molecule has 104 valence electrons. The van der Waals surface area contributed by atoms with E-state index in [-0.39, 0.29) is 0 Å². The van der Waals surface area contributed by atoms with Gasteiger partial charge in [0.25, 0.3) is 0 Å². The third-order valence-corrected chi connectivity index (χ3v) is 3.66. The van der Waals surface area contributed by atoms with Gasteiger partial charge in [0.15, 0.2) is 0 Å². The molecule has 0 bridgehead atoms. The Morgan fingerprint density at radius 2 is 0.955 bits per heavy atom. The Labute approximate surface area is 128 Å². The van der Waals surface area contributed by atoms with Crippen LogP contribution in [-0.4, -0.2) is 9.97 Å². The molecule has 22 heavy (non-hydrogen) atoms. The number of pyridine rings is 2. The van der Waals surface area contributed by atoms with Crippen molar-refractivity contribution in [2.45, 2.75) is 0 Å². The Morgan fingerprint density at radius 1 is 0.500 bits per heavy atom. The molecule has 0 atom stereocenters. The van der Waals surface area contributed by atoms with Gasteiger partial charge in [0.05, 0.1) is 22.4 Å². The maximum atomic E-state index is 4.64. The molecule has 2 aromatic heterocycles. The quantitative estimate of drug-likeness (QED) is 0.519. The minimum atomic E-state index is 0.939. The van der Waals surface area contributed by atoms with Crippen LogP contribution in [0.5, 0.6) is 0 Å². The largest absolute Gasteiger partial charge is 0.248 e. The van der Waals surface area contributed by atoms with E-state index in [0.29, 0.717) is 0 Å². The Hall–Kier alpha value is -3.00. The zero-order chi connectivity index (χ0) is 14.8. The normalized spacial score (nSPS) is 11.5. The van der Waals surface area contributed by atoms with Crippen molar-refractivity contribution in [1.29, 1.82) is 0 Å². The van der Waals surface area contributed by atoms with Gasteiger partial charge in [-0.3, -0.25) is 0 Å². The topological polar surface area (TPSA) is 25.8 Å². The standard InChI is InChI=1S/C20H14N2/c1-3-7-19-15(5-1)9-11-17(21-19)13-14-18-12-10-16-6-2-4-8-20(16)22-18/h1-14H/b14-13+. The SMILES string of the molecule is C(=C\c1ccc2ccccc2n1)/c1ccc2ccccc2n1. The molecule has 0 radical (unpaired) electrons. The molecule has 0 spiro atoms. The number of para-hydroxylation sites is 2. The van der Waals surface area contributed by atoms with Crippen LogP contribution in [0.3, 0.4) is 0 Å². The van der Waals surface area contributed by atoms with E-state index in [0.717, 1.165) is 33.2 Å². The third-order valence-electron chi connectivity index (χ3n) is 3.66. The zero-order valence-electron chi connectivity index (χ0n) is 12.0. The first-order valence-corrected chi connectivity index (χ1v) is 7.28. The van der Waals surface area contributed by atoms with Gasteiger partial charge in [0, 0.05) is 10.8 Å². The number of aromatic nitrogens is 2. The van der Waals surface area contributed by atoms with Crippen molar-refractivity contribution in [2.75, 3.05) is 0 Å². The Kier molecular flexibility index (Phi) is 3.13. The van der Waals surface area contributed by atoms with Crippen LogP contribution in [0.1, 0.15) is 11.4 Å². The van der Waals surface area contributed by atoms with Crippen molar-refractivity contribution >= 4 is 34.0 Å². The lowest BCUT2D eigenvalue weighted by molar-refractivity contribution is 1.36. The molecule has 0 N–H and O–H groups in total. The van der Waals surface area contributed by atoms with Crippen molar-refractivity contribution in [3.8, 4) is 0 Å². The maximum absolute atomic E-state index is 4.64. The average molecular weight is 282 g/mol. The first-order valence-electron chi connectivity index (χ1n) is 7.28. The number of benzene rings is 2. The molecule has 4 aromatic rings. The van der Waals surface area contributed by atoms with Gasteiger partial charge in [0.2, 0.25) is 0 Å². The highest BCUT2D eigenvalue weighted by Gasteiger charge is 1.97. The first-order chi connectivity index (χ1) is 10.9. The van der Waals surface area contributed by atoms with E-state index in [4.69, 9.17) is 0 Å². The fourth-order valence-electron chi connectivity index (χ4n) is 2.52. The fraction of sp³-hybridized carbons (Fsp3) is 0. The molecule has 2 nitrogen and oxygen atoms in total. The van der Waals surface area contributed by atoms with Crippen molar-refractivity contribution in [3.63, 3.8) is 0 Å². The summed E-state index contributed by atoms with van der Waals surface area (Å²) in [6, 6.07) is 24.5. The molecule has 0 aliphatic carbocycles. The van der Waals surface area contributed by atoms with E-state index in [1.807, 2.05) is 60.7 Å². The Balaban J connectivity index is 1.68. The van der Waals surface area contributed by atoms with Crippen LogP contribution in [-0.2, 0) is 0 Å².